The summed E-state index contributed by atoms with van der Waals surface area (Å²) >= 11 is 0. The number of benzene rings is 2. The summed E-state index contributed by atoms with van der Waals surface area (Å²) in [5.74, 6) is 0. The Labute approximate surface area is 158 Å². The van der Waals surface area contributed by atoms with Gasteiger partial charge in [-0.1, -0.05) is 114 Å². The highest BCUT2D eigenvalue weighted by Crippen LogP contribution is 1.96. The molecule has 0 N–H and O–H groups in total. The fraction of sp³-hybridized carbons (Fsp3) is 0.250. The van der Waals surface area contributed by atoms with E-state index < -0.39 is 0 Å². The molecule has 0 spiro atoms. The lowest BCUT2D eigenvalue weighted by Gasteiger charge is -1.86. The molecule has 0 fully saturated rings. The highest BCUT2D eigenvalue weighted by atomic mass is 31.0. The van der Waals surface area contributed by atoms with Gasteiger partial charge in [0, 0.05) is 0 Å². The van der Waals surface area contributed by atoms with Crippen LogP contribution in [0, 0.1) is 13.8 Å². The van der Waals surface area contributed by atoms with Gasteiger partial charge in [0.1, 0.15) is 0 Å². The van der Waals surface area contributed by atoms with Crippen LogP contribution in [0.25, 0.3) is 0 Å². The minimum absolute atomic E-state index is 1.20. The van der Waals surface area contributed by atoms with Crippen molar-refractivity contribution in [1.29, 1.82) is 0 Å². The van der Waals surface area contributed by atoms with Crippen molar-refractivity contribution in [3.63, 3.8) is 0 Å². The van der Waals surface area contributed by atoms with Crippen molar-refractivity contribution in [3.8, 4) is 0 Å². The third-order valence-electron chi connectivity index (χ3n) is 2.88. The van der Waals surface area contributed by atoms with Crippen molar-refractivity contribution >= 4 is 9.24 Å². The van der Waals surface area contributed by atoms with Gasteiger partial charge in [0.2, 0.25) is 0 Å². The van der Waals surface area contributed by atoms with Crippen molar-refractivity contribution in [1.82, 2.24) is 0 Å². The molecule has 0 aliphatic rings. The van der Waals surface area contributed by atoms with Crippen molar-refractivity contribution in [3.05, 3.63) is 108 Å². The average molecular weight is 355 g/mol. The first-order valence-corrected chi connectivity index (χ1v) is 9.66. The molecule has 0 aliphatic heterocycles. The van der Waals surface area contributed by atoms with Gasteiger partial charge >= 0.3 is 0 Å². The Morgan fingerprint density at radius 2 is 1.08 bits per heavy atom. The largest absolute Gasteiger partial charge is 0.141 e. The van der Waals surface area contributed by atoms with Gasteiger partial charge in [-0.25, -0.2) is 0 Å². The van der Waals surface area contributed by atoms with Crippen molar-refractivity contribution in [2.75, 3.05) is 6.66 Å². The highest BCUT2D eigenvalue weighted by molar-refractivity contribution is 7.15. The summed E-state index contributed by atoms with van der Waals surface area (Å²) in [6.45, 7) is 15.9. The van der Waals surface area contributed by atoms with Crippen LogP contribution in [0.5, 0.6) is 0 Å². The van der Waals surface area contributed by atoms with Crippen molar-refractivity contribution in [2.45, 2.75) is 34.6 Å². The zero-order valence-corrected chi connectivity index (χ0v) is 17.9. The first kappa shape index (κ1) is 25.3. The molecular formula is C24H35P. The molecule has 0 radical (unpaired) electrons. The summed E-state index contributed by atoms with van der Waals surface area (Å²) in [6, 6.07) is 20.5. The maximum Gasteiger partial charge on any atom is -0.0398 e. The number of allylic oxidation sites excluding steroid dienone is 5. The van der Waals surface area contributed by atoms with Crippen LogP contribution < -0.4 is 0 Å². The summed E-state index contributed by atoms with van der Waals surface area (Å²) in [4.78, 5) is 0. The van der Waals surface area contributed by atoms with E-state index in [4.69, 9.17) is 0 Å². The van der Waals surface area contributed by atoms with E-state index in [1.165, 1.54) is 22.3 Å². The van der Waals surface area contributed by atoms with Crippen LogP contribution in [-0.4, -0.2) is 6.66 Å². The second-order valence-corrected chi connectivity index (χ2v) is 5.67. The van der Waals surface area contributed by atoms with Crippen LogP contribution >= 0.6 is 9.24 Å². The van der Waals surface area contributed by atoms with Gasteiger partial charge in [-0.15, -0.1) is 9.24 Å². The molecule has 1 heteroatoms. The minimum atomic E-state index is 1.20. The molecule has 0 saturated heterocycles. The van der Waals surface area contributed by atoms with Gasteiger partial charge in [0.25, 0.3) is 0 Å². The molecule has 2 rings (SSSR count). The minimum Gasteiger partial charge on any atom is -0.141 e. The number of aryl methyl sites for hydroxylation is 2. The summed E-state index contributed by atoms with van der Waals surface area (Å²) < 4.78 is 0. The van der Waals surface area contributed by atoms with Crippen LogP contribution in [0.3, 0.4) is 0 Å². The average Bonchev–Trinajstić information content (AvgIpc) is 2.63. The Morgan fingerprint density at radius 1 is 0.720 bits per heavy atom. The molecule has 136 valence electrons. The maximum absolute atomic E-state index is 3.64. The molecule has 25 heavy (non-hydrogen) atoms. The number of rotatable bonds is 2. The van der Waals surface area contributed by atoms with Crippen LogP contribution in [0.4, 0.5) is 0 Å². The predicted molar refractivity (Wildman–Crippen MR) is 121 cm³/mol. The molecule has 0 heterocycles. The Morgan fingerprint density at radius 3 is 1.28 bits per heavy atom. The SMILES string of the molecule is C=C/C(C)=C\C=C(C)C.CP.Cc1ccccc1.Cc1ccccc1. The molecule has 0 aliphatic carbocycles. The lowest BCUT2D eigenvalue weighted by atomic mass is 10.2. The fourth-order valence-electron chi connectivity index (χ4n) is 1.43. The fourth-order valence-corrected chi connectivity index (χ4v) is 1.43. The zero-order valence-electron chi connectivity index (χ0n) is 16.8. The smallest absolute Gasteiger partial charge is 0.0398 e. The standard InChI is InChI=1S/C9H14.2C7H8.CH5P/c1-5-9(4)7-6-8(2)3;2*1-7-5-3-2-4-6-7;1-2/h5-7H,1H2,2-4H3;2*2-6H,1H3;2H2,1H3/b9-7-;;;. The topological polar surface area (TPSA) is 0 Å². The Balaban J connectivity index is 0. The third kappa shape index (κ3) is 20.0. The zero-order chi connectivity index (χ0) is 19.5. The monoisotopic (exact) mass is 354 g/mol. The van der Waals surface area contributed by atoms with E-state index >= 15 is 0 Å². The van der Waals surface area contributed by atoms with Crippen molar-refractivity contribution in [2.24, 2.45) is 0 Å². The Bertz CT molecular complexity index is 551. The Hall–Kier alpha value is -1.91. The van der Waals surface area contributed by atoms with Crippen LogP contribution in [0.1, 0.15) is 31.9 Å². The van der Waals surface area contributed by atoms with Crippen molar-refractivity contribution < 1.29 is 0 Å². The van der Waals surface area contributed by atoms with E-state index in [-0.39, 0.29) is 0 Å². The molecule has 1 unspecified atom stereocenters. The van der Waals surface area contributed by atoms with Gasteiger partial charge in [0.05, 0.1) is 0 Å². The first-order valence-electron chi connectivity index (χ1n) is 8.51. The van der Waals surface area contributed by atoms with E-state index in [0.29, 0.717) is 0 Å². The first-order chi connectivity index (χ1) is 12.0. The molecule has 0 saturated carbocycles. The summed E-state index contributed by atoms with van der Waals surface area (Å²) in [7, 11) is 2.42. The van der Waals surface area contributed by atoms with Gasteiger partial charge in [-0.05, 0) is 34.6 Å². The second-order valence-electron chi connectivity index (χ2n) is 5.67. The lowest BCUT2D eigenvalue weighted by Crippen LogP contribution is -1.64. The molecular weight excluding hydrogens is 319 g/mol. The van der Waals surface area contributed by atoms with E-state index in [1.54, 1.807) is 0 Å². The summed E-state index contributed by atoms with van der Waals surface area (Å²) in [5, 5.41) is 0. The van der Waals surface area contributed by atoms with E-state index in [9.17, 15) is 0 Å². The summed E-state index contributed by atoms with van der Waals surface area (Å²) in [5.41, 5.74) is 5.16. The second kappa shape index (κ2) is 18.4. The molecule has 0 amide bonds. The highest BCUT2D eigenvalue weighted by Gasteiger charge is 1.75. The molecule has 0 nitrogen and oxygen atoms in total. The van der Waals surface area contributed by atoms with E-state index in [1.807, 2.05) is 56.1 Å². The van der Waals surface area contributed by atoms with Gasteiger partial charge in [-0.3, -0.25) is 0 Å². The van der Waals surface area contributed by atoms with E-state index in [2.05, 4.69) is 79.9 Å². The van der Waals surface area contributed by atoms with Crippen LogP contribution in [0.15, 0.2) is 96.6 Å². The van der Waals surface area contributed by atoms with Crippen LogP contribution in [0.2, 0.25) is 0 Å². The Kier molecular flexibility index (Phi) is 18.7. The van der Waals surface area contributed by atoms with E-state index in [0.717, 1.165) is 0 Å². The molecule has 0 bridgehead atoms. The molecule has 2 aromatic carbocycles. The third-order valence-corrected chi connectivity index (χ3v) is 2.88. The predicted octanol–water partition coefficient (Wildman–Crippen LogP) is 7.57. The lowest BCUT2D eigenvalue weighted by molar-refractivity contribution is 1.38. The maximum atomic E-state index is 3.64. The quantitative estimate of drug-likeness (QED) is 0.385. The molecule has 2 aromatic rings. The number of hydrogen-bond acceptors (Lipinski definition) is 0. The van der Waals surface area contributed by atoms with Gasteiger partial charge in [-0.2, -0.15) is 0 Å². The number of hydrogen-bond donors (Lipinski definition) is 0. The molecule has 0 aromatic heterocycles. The van der Waals surface area contributed by atoms with Crippen LogP contribution in [-0.2, 0) is 0 Å². The van der Waals surface area contributed by atoms with Gasteiger partial charge in [0.15, 0.2) is 0 Å². The molecule has 1 atom stereocenters. The normalized spacial score (nSPS) is 9.00. The van der Waals surface area contributed by atoms with Gasteiger partial charge < -0.3 is 0 Å². The summed E-state index contributed by atoms with van der Waals surface area (Å²) in [6.07, 6.45) is 5.98.